The predicted molar refractivity (Wildman–Crippen MR) is 88.7 cm³/mol. The van der Waals surface area contributed by atoms with Crippen LogP contribution in [0.3, 0.4) is 0 Å². The summed E-state index contributed by atoms with van der Waals surface area (Å²) in [6, 6.07) is 2.21. The van der Waals surface area contributed by atoms with Crippen LogP contribution < -0.4 is 4.90 Å². The van der Waals surface area contributed by atoms with Gasteiger partial charge >= 0.3 is 0 Å². The monoisotopic (exact) mass is 309 g/mol. The number of rotatable bonds is 6. The van der Waals surface area contributed by atoms with E-state index >= 15 is 0 Å². The molecule has 1 aliphatic rings. The highest BCUT2D eigenvalue weighted by Crippen LogP contribution is 2.16. The SMILES string of the molecule is CCCCN(C)C(=O)C1CC[NH+](Cc2sccc2C)CC1. The summed E-state index contributed by atoms with van der Waals surface area (Å²) >= 11 is 1.87. The van der Waals surface area contributed by atoms with Gasteiger partial charge in [-0.3, -0.25) is 4.79 Å². The lowest BCUT2D eigenvalue weighted by Gasteiger charge is -2.31. The molecule has 0 radical (unpaired) electrons. The van der Waals surface area contributed by atoms with Gasteiger partial charge in [-0.05, 0) is 30.4 Å². The largest absolute Gasteiger partial charge is 0.346 e. The van der Waals surface area contributed by atoms with Gasteiger partial charge in [-0.2, -0.15) is 0 Å². The van der Waals surface area contributed by atoms with E-state index in [4.69, 9.17) is 0 Å². The number of aryl methyl sites for hydroxylation is 1. The number of likely N-dealkylation sites (tertiary alicyclic amines) is 1. The van der Waals surface area contributed by atoms with E-state index < -0.39 is 0 Å². The van der Waals surface area contributed by atoms with Crippen LogP contribution in [0.1, 0.15) is 43.0 Å². The topological polar surface area (TPSA) is 24.8 Å². The number of hydrogen-bond acceptors (Lipinski definition) is 2. The van der Waals surface area contributed by atoms with E-state index in [0.29, 0.717) is 5.91 Å². The Morgan fingerprint density at radius 1 is 1.43 bits per heavy atom. The van der Waals surface area contributed by atoms with Crippen LogP contribution in [0.5, 0.6) is 0 Å². The van der Waals surface area contributed by atoms with Gasteiger partial charge in [0.15, 0.2) is 0 Å². The number of piperidine rings is 1. The van der Waals surface area contributed by atoms with Crippen molar-refractivity contribution in [2.45, 2.75) is 46.1 Å². The third kappa shape index (κ3) is 4.55. The van der Waals surface area contributed by atoms with E-state index in [2.05, 4.69) is 25.3 Å². The Morgan fingerprint density at radius 3 is 2.71 bits per heavy atom. The molecule has 1 aliphatic heterocycles. The van der Waals surface area contributed by atoms with Crippen LogP contribution in [-0.2, 0) is 11.3 Å². The summed E-state index contributed by atoms with van der Waals surface area (Å²) in [6.07, 6.45) is 4.37. The number of carbonyl (C=O) groups excluding carboxylic acids is 1. The Balaban J connectivity index is 1.77. The van der Waals surface area contributed by atoms with Crippen molar-refractivity contribution in [1.82, 2.24) is 4.90 Å². The maximum absolute atomic E-state index is 12.4. The molecule has 0 atom stereocenters. The normalized spacial score (nSPS) is 22.2. The van der Waals surface area contributed by atoms with Crippen LogP contribution in [-0.4, -0.2) is 37.5 Å². The van der Waals surface area contributed by atoms with Crippen molar-refractivity contribution in [1.29, 1.82) is 0 Å². The lowest BCUT2D eigenvalue weighted by Crippen LogP contribution is -3.11. The van der Waals surface area contributed by atoms with Gasteiger partial charge in [0, 0.05) is 32.4 Å². The second-order valence-electron chi connectivity index (χ2n) is 6.34. The third-order valence-corrected chi connectivity index (χ3v) is 5.67. The molecule has 118 valence electrons. The maximum atomic E-state index is 12.4. The number of hydrogen-bond donors (Lipinski definition) is 1. The van der Waals surface area contributed by atoms with Crippen molar-refractivity contribution < 1.29 is 9.69 Å². The average Bonchev–Trinajstić information content (AvgIpc) is 2.90. The zero-order valence-corrected chi connectivity index (χ0v) is 14.5. The fraction of sp³-hybridized carbons (Fsp3) is 0.706. The van der Waals surface area contributed by atoms with E-state index in [1.165, 1.54) is 10.4 Å². The number of nitrogens with one attached hydrogen (secondary N) is 1. The first-order chi connectivity index (χ1) is 10.1. The minimum Gasteiger partial charge on any atom is -0.346 e. The molecule has 2 heterocycles. The first-order valence-electron chi connectivity index (χ1n) is 8.23. The Labute approximate surface area is 132 Å². The number of nitrogens with zero attached hydrogens (tertiary/aromatic N) is 1. The number of carbonyl (C=O) groups is 1. The molecule has 3 nitrogen and oxygen atoms in total. The highest BCUT2D eigenvalue weighted by molar-refractivity contribution is 7.10. The molecule has 1 aromatic rings. The fourth-order valence-corrected chi connectivity index (χ4v) is 4.06. The van der Waals surface area contributed by atoms with Crippen LogP contribution in [0.15, 0.2) is 11.4 Å². The molecular formula is C17H29N2OS+. The lowest BCUT2D eigenvalue weighted by molar-refractivity contribution is -0.919. The van der Waals surface area contributed by atoms with Gasteiger partial charge in [0.2, 0.25) is 5.91 Å². The number of unbranched alkanes of at least 4 members (excludes halogenated alkanes) is 1. The fourth-order valence-electron chi connectivity index (χ4n) is 3.08. The predicted octanol–water partition coefficient (Wildman–Crippen LogP) is 2.11. The Bertz CT molecular complexity index is 449. The summed E-state index contributed by atoms with van der Waals surface area (Å²) in [7, 11) is 1.96. The van der Waals surface area contributed by atoms with Gasteiger partial charge in [-0.25, -0.2) is 0 Å². The Morgan fingerprint density at radius 2 is 2.14 bits per heavy atom. The molecule has 0 aliphatic carbocycles. The molecule has 0 spiro atoms. The summed E-state index contributed by atoms with van der Waals surface area (Å²) in [5, 5.41) is 2.18. The quantitative estimate of drug-likeness (QED) is 0.855. The number of thiophene rings is 1. The van der Waals surface area contributed by atoms with E-state index in [0.717, 1.165) is 51.9 Å². The van der Waals surface area contributed by atoms with Gasteiger partial charge in [0.05, 0.1) is 18.0 Å². The van der Waals surface area contributed by atoms with Crippen molar-refractivity contribution >= 4 is 17.2 Å². The minimum atomic E-state index is 0.264. The number of amides is 1. The molecule has 0 unspecified atom stereocenters. The van der Waals surface area contributed by atoms with Gasteiger partial charge in [0.25, 0.3) is 0 Å². The smallest absolute Gasteiger partial charge is 0.225 e. The van der Waals surface area contributed by atoms with Crippen LogP contribution in [0.4, 0.5) is 0 Å². The summed E-state index contributed by atoms with van der Waals surface area (Å²) < 4.78 is 0. The summed E-state index contributed by atoms with van der Waals surface area (Å²) in [4.78, 5) is 17.5. The zero-order valence-electron chi connectivity index (χ0n) is 13.7. The van der Waals surface area contributed by atoms with Crippen molar-refractivity contribution in [2.75, 3.05) is 26.7 Å². The highest BCUT2D eigenvalue weighted by atomic mass is 32.1. The first-order valence-corrected chi connectivity index (χ1v) is 9.11. The summed E-state index contributed by atoms with van der Waals surface area (Å²) in [5.74, 6) is 0.634. The molecule has 1 fully saturated rings. The summed E-state index contributed by atoms with van der Waals surface area (Å²) in [5.41, 5.74) is 1.42. The average molecular weight is 309 g/mol. The number of quaternary nitrogens is 1. The zero-order chi connectivity index (χ0) is 15.2. The van der Waals surface area contributed by atoms with Crippen molar-refractivity contribution in [3.63, 3.8) is 0 Å². The minimum absolute atomic E-state index is 0.264. The molecule has 0 saturated carbocycles. The van der Waals surface area contributed by atoms with Gasteiger partial charge in [-0.1, -0.05) is 13.3 Å². The van der Waals surface area contributed by atoms with E-state index in [9.17, 15) is 4.79 Å². The van der Waals surface area contributed by atoms with Crippen LogP contribution in [0.25, 0.3) is 0 Å². The van der Waals surface area contributed by atoms with Crippen LogP contribution in [0.2, 0.25) is 0 Å². The van der Waals surface area contributed by atoms with Crippen molar-refractivity contribution in [3.8, 4) is 0 Å². The molecule has 4 heteroatoms. The van der Waals surface area contributed by atoms with Crippen LogP contribution >= 0.6 is 11.3 Å². The molecule has 1 saturated heterocycles. The molecule has 2 rings (SSSR count). The standard InChI is InChI=1S/C17H28N2OS/c1-4-5-9-18(3)17(20)15-6-10-19(11-7-15)13-16-14(2)8-12-21-16/h8,12,15H,4-7,9-11,13H2,1-3H3/p+1. The van der Waals surface area contributed by atoms with E-state index in [1.54, 1.807) is 4.90 Å². The molecule has 0 bridgehead atoms. The maximum Gasteiger partial charge on any atom is 0.225 e. The Kier molecular flexibility index (Phi) is 6.24. The molecule has 1 amide bonds. The highest BCUT2D eigenvalue weighted by Gasteiger charge is 2.29. The van der Waals surface area contributed by atoms with Crippen molar-refractivity contribution in [2.24, 2.45) is 5.92 Å². The molecule has 0 aromatic carbocycles. The van der Waals surface area contributed by atoms with Crippen LogP contribution in [0, 0.1) is 12.8 Å². The molecule has 1 aromatic heterocycles. The summed E-state index contributed by atoms with van der Waals surface area (Å²) in [6.45, 7) is 8.69. The van der Waals surface area contributed by atoms with E-state index in [-0.39, 0.29) is 5.92 Å². The Hall–Kier alpha value is -0.870. The van der Waals surface area contributed by atoms with Gasteiger partial charge in [0.1, 0.15) is 6.54 Å². The molecular weight excluding hydrogens is 280 g/mol. The van der Waals surface area contributed by atoms with Crippen molar-refractivity contribution in [3.05, 3.63) is 21.9 Å². The first kappa shape index (κ1) is 16.5. The molecule has 1 N–H and O–H groups in total. The second kappa shape index (κ2) is 7.95. The van der Waals surface area contributed by atoms with E-state index in [1.807, 2.05) is 23.3 Å². The molecule has 21 heavy (non-hydrogen) atoms. The third-order valence-electron chi connectivity index (χ3n) is 4.64. The second-order valence-corrected chi connectivity index (χ2v) is 7.34. The van der Waals surface area contributed by atoms with Gasteiger partial charge < -0.3 is 9.80 Å². The lowest BCUT2D eigenvalue weighted by atomic mass is 9.95. The van der Waals surface area contributed by atoms with Gasteiger partial charge in [-0.15, -0.1) is 11.3 Å².